The molecule has 4 aliphatic rings. The first-order chi connectivity index (χ1) is 19.5. The lowest BCUT2D eigenvalue weighted by atomic mass is 9.76. The molecule has 3 unspecified atom stereocenters. The zero-order valence-electron chi connectivity index (χ0n) is 24.4. The second kappa shape index (κ2) is 10.5. The van der Waals surface area contributed by atoms with E-state index in [1.54, 1.807) is 12.3 Å². The number of aliphatic hydroxyl groups excluding tert-OH is 1. The summed E-state index contributed by atoms with van der Waals surface area (Å²) in [4.78, 5) is 26.0. The first-order valence-corrected chi connectivity index (χ1v) is 14.7. The number of nitrogens with zero attached hydrogens (tertiary/aromatic N) is 4. The number of allylic oxidation sites excluding steroid dienone is 2. The summed E-state index contributed by atoms with van der Waals surface area (Å²) in [6.45, 7) is 12.5. The van der Waals surface area contributed by atoms with Gasteiger partial charge in [0.15, 0.2) is 11.6 Å². The smallest absolute Gasteiger partial charge is 0.230 e. The largest absolute Gasteiger partial charge is 0.451 e. The minimum atomic E-state index is -0.856. The summed E-state index contributed by atoms with van der Waals surface area (Å²) < 4.78 is 20.3. The van der Waals surface area contributed by atoms with Gasteiger partial charge in [0.2, 0.25) is 5.91 Å². The van der Waals surface area contributed by atoms with Crippen LogP contribution in [0, 0.1) is 28.5 Å². The maximum absolute atomic E-state index is 14.1. The van der Waals surface area contributed by atoms with E-state index in [0.717, 1.165) is 63.5 Å². The van der Waals surface area contributed by atoms with E-state index in [0.29, 0.717) is 17.1 Å². The van der Waals surface area contributed by atoms with Gasteiger partial charge < -0.3 is 20.1 Å². The van der Waals surface area contributed by atoms with E-state index in [2.05, 4.69) is 37.2 Å². The standard InChI is InChI=1S/C32H40FN5O3/c1-20(2)28(39)23-14-22(33)6-8-26(23)41-27-15-34-19-35-29(27)38-12-10-32(18-38)9-11-37(17-32)16-21-5-7-24-25(13-21)36-30(40)31(24,3)4/h5-6,8,13-15,19-20,24,28,39H,7,9-12,16-18H2,1-4H3,(H,36,40). The number of amides is 1. The van der Waals surface area contributed by atoms with Crippen LogP contribution in [-0.2, 0) is 4.79 Å². The Hall–Kier alpha value is -3.30. The fourth-order valence-corrected chi connectivity index (χ4v) is 6.93. The molecule has 0 bridgehead atoms. The molecule has 3 atom stereocenters. The molecule has 6 rings (SSSR count). The summed E-state index contributed by atoms with van der Waals surface area (Å²) in [6.07, 6.45) is 9.90. The lowest BCUT2D eigenvalue weighted by Gasteiger charge is -2.28. The van der Waals surface area contributed by atoms with Crippen LogP contribution in [0.5, 0.6) is 11.5 Å². The fourth-order valence-electron chi connectivity index (χ4n) is 6.93. The Bertz CT molecular complexity index is 1410. The van der Waals surface area contributed by atoms with E-state index in [-0.39, 0.29) is 28.6 Å². The highest BCUT2D eigenvalue weighted by molar-refractivity contribution is 5.88. The van der Waals surface area contributed by atoms with Crippen LogP contribution in [0.4, 0.5) is 10.2 Å². The van der Waals surface area contributed by atoms with Gasteiger partial charge in [-0.25, -0.2) is 14.4 Å². The summed E-state index contributed by atoms with van der Waals surface area (Å²) in [5.74, 6) is 1.48. The first kappa shape index (κ1) is 27.8. The Morgan fingerprint density at radius 2 is 2.00 bits per heavy atom. The number of hydrogen-bond donors (Lipinski definition) is 2. The van der Waals surface area contributed by atoms with E-state index in [9.17, 15) is 14.3 Å². The van der Waals surface area contributed by atoms with Gasteiger partial charge in [0.05, 0.1) is 17.7 Å². The maximum Gasteiger partial charge on any atom is 0.230 e. The van der Waals surface area contributed by atoms with Crippen LogP contribution < -0.4 is 15.0 Å². The average molecular weight is 562 g/mol. The van der Waals surface area contributed by atoms with Crippen LogP contribution in [-0.4, -0.2) is 58.6 Å². The highest BCUT2D eigenvalue weighted by atomic mass is 19.1. The van der Waals surface area contributed by atoms with Crippen molar-refractivity contribution in [1.29, 1.82) is 0 Å². The number of aliphatic hydroxyl groups is 1. The molecule has 41 heavy (non-hydrogen) atoms. The molecule has 8 nitrogen and oxygen atoms in total. The van der Waals surface area contributed by atoms with Crippen molar-refractivity contribution in [1.82, 2.24) is 20.2 Å². The number of aromatic nitrogens is 2. The minimum Gasteiger partial charge on any atom is -0.451 e. The molecule has 9 heteroatoms. The number of ether oxygens (including phenoxy) is 1. The SMILES string of the molecule is CC(C)C(O)c1cc(F)ccc1Oc1cncnc1N1CCC2(CCN(CC3=CCC4C(=C3)NC(=O)C4(C)C)C2)C1. The van der Waals surface area contributed by atoms with Crippen LogP contribution in [0.15, 0.2) is 54.1 Å². The van der Waals surface area contributed by atoms with E-state index in [1.165, 1.54) is 24.0 Å². The number of anilines is 1. The third kappa shape index (κ3) is 5.26. The molecule has 1 aromatic heterocycles. The van der Waals surface area contributed by atoms with Crippen molar-refractivity contribution in [3.05, 3.63) is 65.5 Å². The summed E-state index contributed by atoms with van der Waals surface area (Å²) in [6, 6.07) is 4.23. The number of carbonyl (C=O) groups is 1. The zero-order chi connectivity index (χ0) is 28.9. The van der Waals surface area contributed by atoms with Crippen LogP contribution in [0.1, 0.15) is 58.6 Å². The highest BCUT2D eigenvalue weighted by Crippen LogP contribution is 2.45. The Kier molecular flexibility index (Phi) is 7.14. The monoisotopic (exact) mass is 561 g/mol. The molecule has 3 aliphatic heterocycles. The zero-order valence-corrected chi connectivity index (χ0v) is 24.4. The van der Waals surface area contributed by atoms with Gasteiger partial charge in [-0.1, -0.05) is 33.8 Å². The normalized spacial score (nSPS) is 26.3. The quantitative estimate of drug-likeness (QED) is 0.493. The van der Waals surface area contributed by atoms with Crippen LogP contribution >= 0.6 is 0 Å². The molecule has 0 saturated carbocycles. The van der Waals surface area contributed by atoms with Gasteiger partial charge in [-0.3, -0.25) is 9.69 Å². The Labute approximate surface area is 241 Å². The van der Waals surface area contributed by atoms with Gasteiger partial charge in [-0.05, 0) is 61.6 Å². The van der Waals surface area contributed by atoms with Crippen molar-refractivity contribution in [3.63, 3.8) is 0 Å². The summed E-state index contributed by atoms with van der Waals surface area (Å²) >= 11 is 0. The number of halogens is 1. The molecule has 218 valence electrons. The molecule has 0 radical (unpaired) electrons. The molecule has 1 aliphatic carbocycles. The van der Waals surface area contributed by atoms with Crippen molar-refractivity contribution in [2.24, 2.45) is 22.7 Å². The highest BCUT2D eigenvalue weighted by Gasteiger charge is 2.47. The first-order valence-electron chi connectivity index (χ1n) is 14.7. The number of rotatable bonds is 7. The van der Waals surface area contributed by atoms with Crippen LogP contribution in [0.25, 0.3) is 0 Å². The van der Waals surface area contributed by atoms with Gasteiger partial charge in [0.1, 0.15) is 17.9 Å². The van der Waals surface area contributed by atoms with Crippen molar-refractivity contribution in [2.45, 2.75) is 53.1 Å². The average Bonchev–Trinajstić information content (AvgIpc) is 3.60. The van der Waals surface area contributed by atoms with Gasteiger partial charge in [0.25, 0.3) is 0 Å². The molecule has 4 heterocycles. The molecule has 1 aromatic carbocycles. The Balaban J connectivity index is 1.13. The number of carbonyl (C=O) groups excluding carboxylic acids is 1. The molecule has 2 aromatic rings. The molecular formula is C32H40FN5O3. The third-order valence-corrected chi connectivity index (χ3v) is 9.51. The number of likely N-dealkylation sites (tertiary alicyclic amines) is 1. The number of nitrogens with one attached hydrogen (secondary N) is 1. The molecule has 2 N–H and O–H groups in total. The number of benzene rings is 1. The van der Waals surface area contributed by atoms with E-state index >= 15 is 0 Å². The number of hydrogen-bond acceptors (Lipinski definition) is 7. The molecule has 3 saturated heterocycles. The lowest BCUT2D eigenvalue weighted by molar-refractivity contribution is -0.127. The Morgan fingerprint density at radius 1 is 1.20 bits per heavy atom. The van der Waals surface area contributed by atoms with Crippen molar-refractivity contribution < 1.29 is 19.0 Å². The van der Waals surface area contributed by atoms with E-state index in [1.807, 2.05) is 27.7 Å². The van der Waals surface area contributed by atoms with Gasteiger partial charge >= 0.3 is 0 Å². The van der Waals surface area contributed by atoms with E-state index in [4.69, 9.17) is 4.74 Å². The predicted molar refractivity (Wildman–Crippen MR) is 155 cm³/mol. The van der Waals surface area contributed by atoms with Gasteiger partial charge in [0, 0.05) is 48.8 Å². The second-order valence-electron chi connectivity index (χ2n) is 13.2. The predicted octanol–water partition coefficient (Wildman–Crippen LogP) is 4.99. The molecular weight excluding hydrogens is 521 g/mol. The Morgan fingerprint density at radius 3 is 2.80 bits per heavy atom. The third-order valence-electron chi connectivity index (χ3n) is 9.51. The number of fused-ring (bicyclic) bond motifs is 1. The topological polar surface area (TPSA) is 90.8 Å². The lowest BCUT2D eigenvalue weighted by Crippen LogP contribution is -2.32. The summed E-state index contributed by atoms with van der Waals surface area (Å²) in [5, 5.41) is 13.8. The van der Waals surface area contributed by atoms with Crippen LogP contribution in [0.3, 0.4) is 0 Å². The van der Waals surface area contributed by atoms with E-state index < -0.39 is 11.9 Å². The summed E-state index contributed by atoms with van der Waals surface area (Å²) in [7, 11) is 0. The fraction of sp³-hybridized carbons (Fsp3) is 0.531. The molecule has 1 spiro atoms. The molecule has 3 fully saturated rings. The molecule has 1 amide bonds. The maximum atomic E-state index is 14.1. The summed E-state index contributed by atoms with van der Waals surface area (Å²) in [5.41, 5.74) is 2.59. The van der Waals surface area contributed by atoms with Gasteiger partial charge in [-0.15, -0.1) is 0 Å². The minimum absolute atomic E-state index is 0.0971. The van der Waals surface area contributed by atoms with Crippen molar-refractivity contribution in [2.75, 3.05) is 37.6 Å². The van der Waals surface area contributed by atoms with Gasteiger partial charge in [-0.2, -0.15) is 0 Å². The second-order valence-corrected chi connectivity index (χ2v) is 13.2. The van der Waals surface area contributed by atoms with Crippen molar-refractivity contribution in [3.8, 4) is 11.5 Å². The van der Waals surface area contributed by atoms with Crippen molar-refractivity contribution >= 4 is 11.7 Å². The van der Waals surface area contributed by atoms with Crippen LogP contribution in [0.2, 0.25) is 0 Å².